The van der Waals surface area contributed by atoms with Gasteiger partial charge in [-0.05, 0) is 6.07 Å². The zero-order valence-electron chi connectivity index (χ0n) is 6.92. The zero-order valence-corrected chi connectivity index (χ0v) is 8.49. The number of hydrogen-bond acceptors (Lipinski definition) is 5. The fraction of sp³-hybridized carbons (Fsp3) is 0.143. The summed E-state index contributed by atoms with van der Waals surface area (Å²) in [6.07, 6.45) is 1.54. The van der Waals surface area contributed by atoms with E-state index >= 15 is 0 Å². The highest BCUT2D eigenvalue weighted by atomic mass is 35.5. The summed E-state index contributed by atoms with van der Waals surface area (Å²) in [5.74, 6) is 0. The summed E-state index contributed by atoms with van der Waals surface area (Å²) in [5, 5.41) is 7.67. The molecule has 2 rings (SSSR count). The summed E-state index contributed by atoms with van der Waals surface area (Å²) in [4.78, 5) is 11.3. The number of aromatic nitrogens is 4. The summed E-state index contributed by atoms with van der Waals surface area (Å²) < 4.78 is 5.43. The van der Waals surface area contributed by atoms with Crippen molar-refractivity contribution in [3.63, 3.8) is 0 Å². The van der Waals surface area contributed by atoms with E-state index < -0.39 is 0 Å². The maximum Gasteiger partial charge on any atom is 0.267 e. The second-order valence-corrected chi connectivity index (χ2v) is 3.87. The van der Waals surface area contributed by atoms with Crippen molar-refractivity contribution >= 4 is 23.1 Å². The van der Waals surface area contributed by atoms with Gasteiger partial charge < -0.3 is 0 Å². The minimum atomic E-state index is -0.184. The molecular weight excluding hydrogens is 224 g/mol. The standard InChI is InChI=1S/C7H5ClN4OS/c8-7-5(10-11-14-7)4-12-6(13)2-1-3-9-12/h1-3H,4H2. The van der Waals surface area contributed by atoms with Crippen LogP contribution in [0.4, 0.5) is 0 Å². The fourth-order valence-corrected chi connectivity index (χ4v) is 1.55. The third kappa shape index (κ3) is 1.80. The Morgan fingerprint density at radius 2 is 2.43 bits per heavy atom. The maximum atomic E-state index is 11.3. The zero-order chi connectivity index (χ0) is 9.97. The minimum absolute atomic E-state index is 0.184. The molecule has 7 heteroatoms. The average molecular weight is 229 g/mol. The lowest BCUT2D eigenvalue weighted by molar-refractivity contribution is 0.626. The predicted molar refractivity (Wildman–Crippen MR) is 52.5 cm³/mol. The Balaban J connectivity index is 2.32. The maximum absolute atomic E-state index is 11.3. The van der Waals surface area contributed by atoms with E-state index in [1.807, 2.05) is 0 Å². The van der Waals surface area contributed by atoms with E-state index in [1.54, 1.807) is 6.07 Å². The third-order valence-electron chi connectivity index (χ3n) is 1.59. The van der Waals surface area contributed by atoms with Gasteiger partial charge in [0.25, 0.3) is 5.56 Å². The quantitative estimate of drug-likeness (QED) is 0.763. The Bertz CT molecular complexity index is 494. The molecule has 0 N–H and O–H groups in total. The molecule has 72 valence electrons. The van der Waals surface area contributed by atoms with E-state index in [0.29, 0.717) is 10.0 Å². The van der Waals surface area contributed by atoms with Gasteiger partial charge in [-0.25, -0.2) is 4.68 Å². The van der Waals surface area contributed by atoms with Gasteiger partial charge in [-0.1, -0.05) is 16.1 Å². The summed E-state index contributed by atoms with van der Waals surface area (Å²) in [5.41, 5.74) is 0.383. The van der Waals surface area contributed by atoms with Crippen molar-refractivity contribution in [3.8, 4) is 0 Å². The molecule has 0 aromatic carbocycles. The van der Waals surface area contributed by atoms with Crippen LogP contribution in [0.2, 0.25) is 4.34 Å². The SMILES string of the molecule is O=c1cccnn1Cc1nnsc1Cl. The predicted octanol–water partition coefficient (Wildman–Crippen LogP) is 0.796. The largest absolute Gasteiger partial charge is 0.268 e. The Labute approximate surface area is 88.1 Å². The summed E-state index contributed by atoms with van der Waals surface area (Å²) in [6, 6.07) is 3.01. The van der Waals surface area contributed by atoms with Crippen molar-refractivity contribution in [3.05, 3.63) is 38.7 Å². The van der Waals surface area contributed by atoms with Crippen LogP contribution in [0.3, 0.4) is 0 Å². The molecule has 0 saturated carbocycles. The van der Waals surface area contributed by atoms with E-state index in [9.17, 15) is 4.79 Å². The monoisotopic (exact) mass is 228 g/mol. The molecule has 0 aliphatic rings. The van der Waals surface area contributed by atoms with Gasteiger partial charge in [-0.15, -0.1) is 5.10 Å². The number of halogens is 1. The molecule has 0 atom stereocenters. The van der Waals surface area contributed by atoms with Crippen LogP contribution in [0.25, 0.3) is 0 Å². The first-order valence-corrected chi connectivity index (χ1v) is 4.91. The molecule has 0 radical (unpaired) electrons. The average Bonchev–Trinajstić information content (AvgIpc) is 2.56. The summed E-state index contributed by atoms with van der Waals surface area (Å²) in [6.45, 7) is 0.259. The molecule has 14 heavy (non-hydrogen) atoms. The van der Waals surface area contributed by atoms with Gasteiger partial charge in [0, 0.05) is 23.8 Å². The van der Waals surface area contributed by atoms with Gasteiger partial charge in [0.2, 0.25) is 0 Å². The second kappa shape index (κ2) is 3.85. The number of nitrogens with zero attached hydrogens (tertiary/aromatic N) is 4. The Hall–Kier alpha value is -1.27. The van der Waals surface area contributed by atoms with E-state index in [0.717, 1.165) is 11.5 Å². The van der Waals surface area contributed by atoms with E-state index in [2.05, 4.69) is 14.7 Å². The van der Waals surface area contributed by atoms with E-state index in [4.69, 9.17) is 11.6 Å². The van der Waals surface area contributed by atoms with Crippen molar-refractivity contribution in [2.24, 2.45) is 0 Å². The van der Waals surface area contributed by atoms with Crippen LogP contribution in [0.15, 0.2) is 23.1 Å². The molecule has 2 aromatic rings. The highest BCUT2D eigenvalue weighted by molar-refractivity contribution is 7.10. The topological polar surface area (TPSA) is 60.7 Å². The smallest absolute Gasteiger partial charge is 0.267 e. The molecular formula is C7H5ClN4OS. The van der Waals surface area contributed by atoms with E-state index in [-0.39, 0.29) is 12.1 Å². The normalized spacial score (nSPS) is 10.4. The molecule has 0 aliphatic heterocycles. The van der Waals surface area contributed by atoms with Crippen molar-refractivity contribution < 1.29 is 0 Å². The van der Waals surface area contributed by atoms with Crippen molar-refractivity contribution in [2.75, 3.05) is 0 Å². The van der Waals surface area contributed by atoms with Crippen LogP contribution in [0.1, 0.15) is 5.69 Å². The van der Waals surface area contributed by atoms with Crippen LogP contribution in [0, 0.1) is 0 Å². The highest BCUT2D eigenvalue weighted by Gasteiger charge is 2.06. The van der Waals surface area contributed by atoms with E-state index in [1.165, 1.54) is 16.9 Å². The van der Waals surface area contributed by atoms with Crippen LogP contribution < -0.4 is 5.56 Å². The Morgan fingerprint density at radius 3 is 3.07 bits per heavy atom. The van der Waals surface area contributed by atoms with Gasteiger partial charge in [0.1, 0.15) is 10.0 Å². The second-order valence-electron chi connectivity index (χ2n) is 2.51. The third-order valence-corrected chi connectivity index (χ3v) is 2.58. The first-order valence-electron chi connectivity index (χ1n) is 3.76. The minimum Gasteiger partial charge on any atom is -0.268 e. The first-order chi connectivity index (χ1) is 6.77. The lowest BCUT2D eigenvalue weighted by Gasteiger charge is -1.99. The molecule has 5 nitrogen and oxygen atoms in total. The first kappa shape index (κ1) is 9.29. The van der Waals surface area contributed by atoms with Gasteiger partial charge in [0.05, 0.1) is 6.54 Å². The fourth-order valence-electron chi connectivity index (χ4n) is 0.939. The molecule has 0 amide bonds. The molecule has 0 spiro atoms. The number of rotatable bonds is 2. The molecule has 0 bridgehead atoms. The molecule has 0 fully saturated rings. The van der Waals surface area contributed by atoms with Crippen LogP contribution in [-0.4, -0.2) is 19.4 Å². The summed E-state index contributed by atoms with van der Waals surface area (Å²) in [7, 11) is 0. The molecule has 0 unspecified atom stereocenters. The van der Waals surface area contributed by atoms with Gasteiger partial charge in [-0.2, -0.15) is 5.10 Å². The highest BCUT2D eigenvalue weighted by Crippen LogP contribution is 2.17. The molecule has 2 heterocycles. The molecule has 0 saturated heterocycles. The Kier molecular flexibility index (Phi) is 2.55. The van der Waals surface area contributed by atoms with Crippen LogP contribution in [-0.2, 0) is 6.54 Å². The van der Waals surface area contributed by atoms with Gasteiger partial charge in [0.15, 0.2) is 0 Å². The molecule has 0 aliphatic carbocycles. The lowest BCUT2D eigenvalue weighted by Crippen LogP contribution is -2.21. The summed E-state index contributed by atoms with van der Waals surface area (Å²) >= 11 is 6.88. The molecule has 2 aromatic heterocycles. The van der Waals surface area contributed by atoms with Crippen LogP contribution >= 0.6 is 23.1 Å². The van der Waals surface area contributed by atoms with Crippen molar-refractivity contribution in [1.29, 1.82) is 0 Å². The van der Waals surface area contributed by atoms with Crippen molar-refractivity contribution in [2.45, 2.75) is 6.54 Å². The van der Waals surface area contributed by atoms with Crippen molar-refractivity contribution in [1.82, 2.24) is 19.4 Å². The lowest BCUT2D eigenvalue weighted by atomic mass is 10.5. The number of hydrogen-bond donors (Lipinski definition) is 0. The van der Waals surface area contributed by atoms with Crippen LogP contribution in [0.5, 0.6) is 0 Å². The van der Waals surface area contributed by atoms with Gasteiger partial charge >= 0.3 is 0 Å². The van der Waals surface area contributed by atoms with Gasteiger partial charge in [-0.3, -0.25) is 4.79 Å². The Morgan fingerprint density at radius 1 is 1.57 bits per heavy atom.